The molecule has 1 heterocycles. The molecule has 0 aliphatic rings. The molecule has 0 saturated carbocycles. The van der Waals surface area contributed by atoms with Gasteiger partial charge in [0.15, 0.2) is 5.75 Å². The maximum atomic E-state index is 11.8. The van der Waals surface area contributed by atoms with E-state index in [-0.39, 0.29) is 11.5 Å². The molecule has 0 radical (unpaired) electrons. The van der Waals surface area contributed by atoms with Crippen LogP contribution in [0.3, 0.4) is 0 Å². The molecule has 0 unspecified atom stereocenters. The van der Waals surface area contributed by atoms with Crippen LogP contribution >= 0.6 is 0 Å². The van der Waals surface area contributed by atoms with Gasteiger partial charge in [-0.1, -0.05) is 30.3 Å². The maximum Gasteiger partial charge on any atom is 0.313 e. The number of benzene rings is 1. The highest BCUT2D eigenvalue weighted by Gasteiger charge is 2.10. The van der Waals surface area contributed by atoms with E-state index in [9.17, 15) is 9.90 Å². The SMILES string of the molecule is COc1c(O)cnn(Cc2ccccc2)c1=O. The predicted octanol–water partition coefficient (Wildman–Crippen LogP) is 1.01. The van der Waals surface area contributed by atoms with Crippen LogP contribution in [-0.2, 0) is 6.54 Å². The number of ether oxygens (including phenoxy) is 1. The van der Waals surface area contributed by atoms with E-state index in [0.717, 1.165) is 5.56 Å². The number of rotatable bonds is 3. The fourth-order valence-electron chi connectivity index (χ4n) is 1.52. The first kappa shape index (κ1) is 11.2. The molecule has 0 aliphatic carbocycles. The number of aromatic hydroxyl groups is 1. The number of nitrogens with zero attached hydrogens (tertiary/aromatic N) is 2. The summed E-state index contributed by atoms with van der Waals surface area (Å²) in [6.07, 6.45) is 1.20. The van der Waals surface area contributed by atoms with Gasteiger partial charge in [-0.3, -0.25) is 4.79 Å². The maximum absolute atomic E-state index is 11.8. The number of hydrogen-bond donors (Lipinski definition) is 1. The third kappa shape index (κ3) is 2.28. The molecule has 88 valence electrons. The van der Waals surface area contributed by atoms with E-state index in [4.69, 9.17) is 4.74 Å². The Morgan fingerprint density at radius 3 is 2.71 bits per heavy atom. The lowest BCUT2D eigenvalue weighted by Gasteiger charge is -2.07. The summed E-state index contributed by atoms with van der Waals surface area (Å²) in [6, 6.07) is 9.47. The second-order valence-electron chi connectivity index (χ2n) is 3.51. The highest BCUT2D eigenvalue weighted by molar-refractivity contribution is 5.33. The Balaban J connectivity index is 2.38. The fraction of sp³-hybridized carbons (Fsp3) is 0.167. The molecule has 0 bridgehead atoms. The summed E-state index contributed by atoms with van der Waals surface area (Å²) in [5.41, 5.74) is 0.506. The van der Waals surface area contributed by atoms with Gasteiger partial charge in [0.1, 0.15) is 0 Å². The third-order valence-electron chi connectivity index (χ3n) is 2.36. The van der Waals surface area contributed by atoms with Crippen molar-refractivity contribution in [2.24, 2.45) is 0 Å². The van der Waals surface area contributed by atoms with Gasteiger partial charge >= 0.3 is 5.56 Å². The van der Waals surface area contributed by atoms with Crippen LogP contribution in [0.1, 0.15) is 5.56 Å². The summed E-state index contributed by atoms with van der Waals surface area (Å²) in [6.45, 7) is 0.344. The standard InChI is InChI=1S/C12H12N2O3/c1-17-11-10(15)7-13-14(12(11)16)8-9-5-3-2-4-6-9/h2-7,15H,8H2,1H3. The minimum absolute atomic E-state index is 0.0871. The fourth-order valence-corrected chi connectivity index (χ4v) is 1.52. The Kier molecular flexibility index (Phi) is 3.09. The monoisotopic (exact) mass is 232 g/mol. The lowest BCUT2D eigenvalue weighted by atomic mass is 10.2. The van der Waals surface area contributed by atoms with Crippen LogP contribution in [0, 0.1) is 0 Å². The molecule has 1 aromatic carbocycles. The van der Waals surface area contributed by atoms with Gasteiger partial charge in [-0.05, 0) is 5.56 Å². The Morgan fingerprint density at radius 2 is 2.06 bits per heavy atom. The Morgan fingerprint density at radius 1 is 1.35 bits per heavy atom. The Labute approximate surface area is 97.9 Å². The molecular formula is C12H12N2O3. The summed E-state index contributed by atoms with van der Waals surface area (Å²) in [4.78, 5) is 11.8. The largest absolute Gasteiger partial charge is 0.503 e. The van der Waals surface area contributed by atoms with Crippen LogP contribution in [0.5, 0.6) is 11.5 Å². The molecule has 1 aromatic heterocycles. The smallest absolute Gasteiger partial charge is 0.313 e. The zero-order chi connectivity index (χ0) is 12.3. The number of aromatic nitrogens is 2. The van der Waals surface area contributed by atoms with E-state index >= 15 is 0 Å². The van der Waals surface area contributed by atoms with Gasteiger partial charge in [0.2, 0.25) is 5.75 Å². The van der Waals surface area contributed by atoms with Gasteiger partial charge in [0.05, 0.1) is 19.9 Å². The lowest BCUT2D eigenvalue weighted by Crippen LogP contribution is -2.24. The summed E-state index contributed by atoms with van der Waals surface area (Å²) >= 11 is 0. The van der Waals surface area contributed by atoms with Crippen molar-refractivity contribution in [2.45, 2.75) is 6.54 Å². The van der Waals surface area contributed by atoms with E-state index in [1.807, 2.05) is 30.3 Å². The van der Waals surface area contributed by atoms with Crippen molar-refractivity contribution in [2.75, 3.05) is 7.11 Å². The first-order valence-electron chi connectivity index (χ1n) is 5.09. The minimum atomic E-state index is -0.448. The van der Waals surface area contributed by atoms with Crippen LogP contribution in [0.25, 0.3) is 0 Å². The average Bonchev–Trinajstić information content (AvgIpc) is 2.35. The number of hydrogen-bond acceptors (Lipinski definition) is 4. The molecule has 0 aliphatic heterocycles. The predicted molar refractivity (Wildman–Crippen MR) is 62.3 cm³/mol. The van der Waals surface area contributed by atoms with Crippen LogP contribution < -0.4 is 10.3 Å². The van der Waals surface area contributed by atoms with E-state index in [2.05, 4.69) is 5.10 Å². The molecule has 17 heavy (non-hydrogen) atoms. The molecule has 0 amide bonds. The van der Waals surface area contributed by atoms with Gasteiger partial charge in [-0.15, -0.1) is 0 Å². The zero-order valence-corrected chi connectivity index (χ0v) is 9.33. The molecule has 2 aromatic rings. The number of methoxy groups -OCH3 is 1. The van der Waals surface area contributed by atoms with Gasteiger partial charge < -0.3 is 9.84 Å². The van der Waals surface area contributed by atoms with Crippen molar-refractivity contribution in [3.05, 3.63) is 52.4 Å². The lowest BCUT2D eigenvalue weighted by molar-refractivity contribution is 0.356. The Bertz CT molecular complexity index is 564. The van der Waals surface area contributed by atoms with E-state index in [1.54, 1.807) is 0 Å². The quantitative estimate of drug-likeness (QED) is 0.857. The summed E-state index contributed by atoms with van der Waals surface area (Å²) < 4.78 is 6.07. The summed E-state index contributed by atoms with van der Waals surface area (Å²) in [7, 11) is 1.34. The molecule has 0 atom stereocenters. The molecule has 0 spiro atoms. The first-order valence-corrected chi connectivity index (χ1v) is 5.09. The van der Waals surface area contributed by atoms with Crippen LogP contribution in [-0.4, -0.2) is 22.0 Å². The molecule has 1 N–H and O–H groups in total. The second kappa shape index (κ2) is 4.69. The second-order valence-corrected chi connectivity index (χ2v) is 3.51. The molecule has 0 saturated heterocycles. The van der Waals surface area contributed by atoms with Crippen molar-refractivity contribution in [3.63, 3.8) is 0 Å². The molecular weight excluding hydrogens is 220 g/mol. The van der Waals surface area contributed by atoms with Crippen molar-refractivity contribution >= 4 is 0 Å². The molecule has 0 fully saturated rings. The van der Waals surface area contributed by atoms with Crippen LogP contribution in [0.15, 0.2) is 41.3 Å². The van der Waals surface area contributed by atoms with E-state index < -0.39 is 5.56 Å². The third-order valence-corrected chi connectivity index (χ3v) is 2.36. The van der Waals surface area contributed by atoms with Gasteiger partial charge in [-0.2, -0.15) is 5.10 Å². The summed E-state index contributed by atoms with van der Waals surface area (Å²) in [5.74, 6) is -0.335. The highest BCUT2D eigenvalue weighted by Crippen LogP contribution is 2.17. The van der Waals surface area contributed by atoms with Gasteiger partial charge in [0.25, 0.3) is 0 Å². The van der Waals surface area contributed by atoms with E-state index in [1.165, 1.54) is 18.0 Å². The normalized spacial score (nSPS) is 10.2. The van der Waals surface area contributed by atoms with Crippen LogP contribution in [0.4, 0.5) is 0 Å². The minimum Gasteiger partial charge on any atom is -0.503 e. The Hall–Kier alpha value is -2.30. The topological polar surface area (TPSA) is 64.3 Å². The zero-order valence-electron chi connectivity index (χ0n) is 9.33. The van der Waals surface area contributed by atoms with Crippen LogP contribution in [0.2, 0.25) is 0 Å². The first-order chi connectivity index (χ1) is 8.22. The summed E-state index contributed by atoms with van der Waals surface area (Å²) in [5, 5.41) is 13.2. The van der Waals surface area contributed by atoms with Crippen molar-refractivity contribution < 1.29 is 9.84 Å². The molecule has 5 heteroatoms. The molecule has 2 rings (SSSR count). The van der Waals surface area contributed by atoms with Gasteiger partial charge in [-0.25, -0.2) is 4.68 Å². The highest BCUT2D eigenvalue weighted by atomic mass is 16.5. The molecule has 5 nitrogen and oxygen atoms in total. The van der Waals surface area contributed by atoms with E-state index in [0.29, 0.717) is 6.54 Å². The van der Waals surface area contributed by atoms with Crippen molar-refractivity contribution in [1.82, 2.24) is 9.78 Å². The van der Waals surface area contributed by atoms with Crippen molar-refractivity contribution in [1.29, 1.82) is 0 Å². The average molecular weight is 232 g/mol. The van der Waals surface area contributed by atoms with Crippen molar-refractivity contribution in [3.8, 4) is 11.5 Å². The van der Waals surface area contributed by atoms with Gasteiger partial charge in [0, 0.05) is 0 Å².